The Hall–Kier alpha value is -0.780. The van der Waals surface area contributed by atoms with Crippen molar-refractivity contribution in [1.82, 2.24) is 4.90 Å². The fourth-order valence-electron chi connectivity index (χ4n) is 2.81. The van der Waals surface area contributed by atoms with Gasteiger partial charge in [-0.3, -0.25) is 4.79 Å². The number of carbonyl (C=O) groups excluding carboxylic acids is 1. The second-order valence-electron chi connectivity index (χ2n) is 6.66. The number of alkyl halides is 3. The van der Waals surface area contributed by atoms with Gasteiger partial charge in [0.1, 0.15) is 0 Å². The second-order valence-corrected chi connectivity index (χ2v) is 6.66. The standard InChI is InChI=1S/C14H25F3N2O/c1-13(2,8-18)9-19(3)12(20)10-5-4-6-11(7-10)14(15,16)17/h10-11H,4-9,18H2,1-3H3. The molecule has 2 atom stereocenters. The maximum atomic E-state index is 12.8. The van der Waals surface area contributed by atoms with E-state index >= 15 is 0 Å². The average Bonchev–Trinajstić information content (AvgIpc) is 2.36. The summed E-state index contributed by atoms with van der Waals surface area (Å²) in [5.41, 5.74) is 5.41. The van der Waals surface area contributed by atoms with Crippen molar-refractivity contribution in [3.05, 3.63) is 0 Å². The molecule has 3 nitrogen and oxygen atoms in total. The van der Waals surface area contributed by atoms with E-state index < -0.39 is 18.0 Å². The van der Waals surface area contributed by atoms with Crippen LogP contribution in [0.3, 0.4) is 0 Å². The molecule has 1 aliphatic rings. The highest BCUT2D eigenvalue weighted by atomic mass is 19.4. The van der Waals surface area contributed by atoms with Gasteiger partial charge in [-0.2, -0.15) is 13.2 Å². The molecule has 0 saturated heterocycles. The number of carbonyl (C=O) groups is 1. The lowest BCUT2D eigenvalue weighted by atomic mass is 9.80. The number of hydrogen-bond acceptors (Lipinski definition) is 2. The molecule has 0 spiro atoms. The van der Waals surface area contributed by atoms with E-state index in [0.29, 0.717) is 25.9 Å². The van der Waals surface area contributed by atoms with Gasteiger partial charge in [0.15, 0.2) is 0 Å². The fraction of sp³-hybridized carbons (Fsp3) is 0.929. The highest BCUT2D eigenvalue weighted by molar-refractivity contribution is 5.78. The summed E-state index contributed by atoms with van der Waals surface area (Å²) in [6.07, 6.45) is -3.09. The first-order chi connectivity index (χ1) is 9.07. The van der Waals surface area contributed by atoms with Crippen LogP contribution in [0.2, 0.25) is 0 Å². The van der Waals surface area contributed by atoms with Gasteiger partial charge in [-0.05, 0) is 31.2 Å². The van der Waals surface area contributed by atoms with Crippen LogP contribution in [-0.4, -0.2) is 37.1 Å². The van der Waals surface area contributed by atoms with Crippen LogP contribution in [0.1, 0.15) is 39.5 Å². The minimum absolute atomic E-state index is 0.0737. The van der Waals surface area contributed by atoms with Crippen LogP contribution >= 0.6 is 0 Å². The quantitative estimate of drug-likeness (QED) is 0.866. The zero-order valence-corrected chi connectivity index (χ0v) is 12.5. The van der Waals surface area contributed by atoms with E-state index in [2.05, 4.69) is 0 Å². The van der Waals surface area contributed by atoms with Gasteiger partial charge in [-0.25, -0.2) is 0 Å². The molecular weight excluding hydrogens is 269 g/mol. The van der Waals surface area contributed by atoms with Crippen LogP contribution in [0.5, 0.6) is 0 Å². The Morgan fingerprint density at radius 2 is 1.90 bits per heavy atom. The average molecular weight is 294 g/mol. The van der Waals surface area contributed by atoms with Crippen molar-refractivity contribution in [3.8, 4) is 0 Å². The lowest BCUT2D eigenvalue weighted by Gasteiger charge is -2.35. The third-order valence-electron chi connectivity index (χ3n) is 4.08. The molecule has 1 saturated carbocycles. The Bertz CT molecular complexity index is 342. The molecule has 1 fully saturated rings. The molecule has 0 radical (unpaired) electrons. The van der Waals surface area contributed by atoms with Gasteiger partial charge in [-0.15, -0.1) is 0 Å². The Morgan fingerprint density at radius 1 is 1.30 bits per heavy atom. The van der Waals surface area contributed by atoms with E-state index in [9.17, 15) is 18.0 Å². The summed E-state index contributed by atoms with van der Waals surface area (Å²) in [4.78, 5) is 13.8. The lowest BCUT2D eigenvalue weighted by molar-refractivity contribution is -0.187. The molecule has 0 heterocycles. The van der Waals surface area contributed by atoms with Gasteiger partial charge >= 0.3 is 6.18 Å². The zero-order chi connectivity index (χ0) is 15.6. The van der Waals surface area contributed by atoms with Gasteiger partial charge in [-0.1, -0.05) is 20.3 Å². The third-order valence-corrected chi connectivity index (χ3v) is 4.08. The van der Waals surface area contributed by atoms with Gasteiger partial charge < -0.3 is 10.6 Å². The molecule has 2 N–H and O–H groups in total. The first-order valence-corrected chi connectivity index (χ1v) is 7.08. The summed E-state index contributed by atoms with van der Waals surface area (Å²) in [5.74, 6) is -2.02. The first kappa shape index (κ1) is 17.3. The van der Waals surface area contributed by atoms with Crippen molar-refractivity contribution in [2.75, 3.05) is 20.1 Å². The summed E-state index contributed by atoms with van der Waals surface area (Å²) < 4.78 is 38.3. The van der Waals surface area contributed by atoms with Crippen LogP contribution in [0, 0.1) is 17.3 Å². The van der Waals surface area contributed by atoms with Gasteiger partial charge in [0.2, 0.25) is 5.91 Å². The molecule has 1 amide bonds. The number of nitrogens with zero attached hydrogens (tertiary/aromatic N) is 1. The van der Waals surface area contributed by atoms with Crippen LogP contribution in [0.15, 0.2) is 0 Å². The van der Waals surface area contributed by atoms with E-state index in [-0.39, 0.29) is 24.2 Å². The number of nitrogens with two attached hydrogens (primary N) is 1. The number of amides is 1. The first-order valence-electron chi connectivity index (χ1n) is 7.08. The molecule has 20 heavy (non-hydrogen) atoms. The molecule has 118 valence electrons. The highest BCUT2D eigenvalue weighted by Gasteiger charge is 2.44. The van der Waals surface area contributed by atoms with Gasteiger partial charge in [0.05, 0.1) is 5.92 Å². The van der Waals surface area contributed by atoms with Crippen molar-refractivity contribution in [3.63, 3.8) is 0 Å². The van der Waals surface area contributed by atoms with E-state index in [1.54, 1.807) is 7.05 Å². The third kappa shape index (κ3) is 4.65. The Morgan fingerprint density at radius 3 is 2.40 bits per heavy atom. The summed E-state index contributed by atoms with van der Waals surface area (Å²) in [7, 11) is 1.65. The summed E-state index contributed by atoms with van der Waals surface area (Å²) in [6.45, 7) is 4.78. The largest absolute Gasteiger partial charge is 0.391 e. The second kappa shape index (κ2) is 6.33. The molecule has 0 bridgehead atoms. The molecule has 0 aliphatic heterocycles. The Kier molecular flexibility index (Phi) is 5.46. The molecule has 0 aromatic rings. The fourth-order valence-corrected chi connectivity index (χ4v) is 2.81. The van der Waals surface area contributed by atoms with E-state index in [4.69, 9.17) is 5.73 Å². The molecule has 1 rings (SSSR count). The van der Waals surface area contributed by atoms with Crippen molar-refractivity contribution in [2.45, 2.75) is 45.7 Å². The maximum absolute atomic E-state index is 12.8. The van der Waals surface area contributed by atoms with Crippen molar-refractivity contribution >= 4 is 5.91 Å². The van der Waals surface area contributed by atoms with Crippen LogP contribution < -0.4 is 5.73 Å². The van der Waals surface area contributed by atoms with E-state index in [1.807, 2.05) is 13.8 Å². The molecule has 0 aromatic heterocycles. The van der Waals surface area contributed by atoms with Crippen molar-refractivity contribution < 1.29 is 18.0 Å². The van der Waals surface area contributed by atoms with E-state index in [0.717, 1.165) is 0 Å². The summed E-state index contributed by atoms with van der Waals surface area (Å²) >= 11 is 0. The Balaban J connectivity index is 2.63. The van der Waals surface area contributed by atoms with Gasteiger partial charge in [0, 0.05) is 19.5 Å². The number of rotatable bonds is 4. The summed E-state index contributed by atoms with van der Waals surface area (Å²) in [6, 6.07) is 0. The molecule has 2 unspecified atom stereocenters. The monoisotopic (exact) mass is 294 g/mol. The van der Waals surface area contributed by atoms with Gasteiger partial charge in [0.25, 0.3) is 0 Å². The smallest absolute Gasteiger partial charge is 0.345 e. The summed E-state index contributed by atoms with van der Waals surface area (Å²) in [5, 5.41) is 0. The minimum atomic E-state index is -4.19. The number of hydrogen-bond donors (Lipinski definition) is 1. The van der Waals surface area contributed by atoms with E-state index in [1.165, 1.54) is 4.90 Å². The van der Waals surface area contributed by atoms with Crippen LogP contribution in [-0.2, 0) is 4.79 Å². The molecule has 1 aliphatic carbocycles. The highest BCUT2D eigenvalue weighted by Crippen LogP contribution is 2.40. The molecule has 0 aromatic carbocycles. The van der Waals surface area contributed by atoms with Crippen LogP contribution in [0.4, 0.5) is 13.2 Å². The van der Waals surface area contributed by atoms with Crippen molar-refractivity contribution in [1.29, 1.82) is 0 Å². The normalized spacial score (nSPS) is 24.6. The maximum Gasteiger partial charge on any atom is 0.391 e. The minimum Gasteiger partial charge on any atom is -0.345 e. The zero-order valence-electron chi connectivity index (χ0n) is 12.5. The van der Waals surface area contributed by atoms with Crippen LogP contribution in [0.25, 0.3) is 0 Å². The molecule has 6 heteroatoms. The predicted octanol–water partition coefficient (Wildman–Crippen LogP) is 2.80. The Labute approximate surface area is 118 Å². The van der Waals surface area contributed by atoms with Crippen molar-refractivity contribution in [2.24, 2.45) is 23.0 Å². The SMILES string of the molecule is CN(CC(C)(C)CN)C(=O)C1CCCC(C(F)(F)F)C1. The lowest BCUT2D eigenvalue weighted by Crippen LogP contribution is -2.44. The molecular formula is C14H25F3N2O. The number of halogens is 3. The predicted molar refractivity (Wildman–Crippen MR) is 72.0 cm³/mol. The topological polar surface area (TPSA) is 46.3 Å².